The van der Waals surface area contributed by atoms with Crippen LogP contribution < -0.4 is 10.6 Å². The number of anilines is 1. The number of rotatable bonds is 4. The van der Waals surface area contributed by atoms with Crippen molar-refractivity contribution in [3.05, 3.63) is 53.3 Å². The fourth-order valence-electron chi connectivity index (χ4n) is 3.00. The molecule has 4 heterocycles. The molecule has 0 atom stereocenters. The fraction of sp³-hybridized carbons (Fsp3) is 0.333. The third kappa shape index (κ3) is 3.51. The minimum atomic E-state index is 0.573. The SMILES string of the molecule is Cc1cc(CNc2nc(-c3ccncc3)nc3c2CCNCC3)no1. The summed E-state index contributed by atoms with van der Waals surface area (Å²) in [5.41, 5.74) is 4.12. The highest BCUT2D eigenvalue weighted by molar-refractivity contribution is 5.59. The molecule has 0 aliphatic carbocycles. The highest BCUT2D eigenvalue weighted by Gasteiger charge is 2.17. The topological polar surface area (TPSA) is 88.8 Å². The molecule has 0 fully saturated rings. The molecule has 0 unspecified atom stereocenters. The molecule has 0 aromatic carbocycles. The van der Waals surface area contributed by atoms with Crippen molar-refractivity contribution in [1.82, 2.24) is 25.4 Å². The zero-order valence-electron chi connectivity index (χ0n) is 14.1. The van der Waals surface area contributed by atoms with Gasteiger partial charge in [0.2, 0.25) is 0 Å². The molecule has 1 aliphatic rings. The Hall–Kier alpha value is -2.80. The van der Waals surface area contributed by atoms with Crippen molar-refractivity contribution in [2.75, 3.05) is 18.4 Å². The minimum absolute atomic E-state index is 0.573. The number of fused-ring (bicyclic) bond motifs is 1. The molecule has 0 saturated carbocycles. The van der Waals surface area contributed by atoms with Gasteiger partial charge in [0.1, 0.15) is 17.3 Å². The molecule has 25 heavy (non-hydrogen) atoms. The van der Waals surface area contributed by atoms with E-state index in [2.05, 4.69) is 20.8 Å². The smallest absolute Gasteiger partial charge is 0.161 e. The maximum Gasteiger partial charge on any atom is 0.161 e. The van der Waals surface area contributed by atoms with Crippen LogP contribution in [-0.2, 0) is 19.4 Å². The molecule has 0 amide bonds. The summed E-state index contributed by atoms with van der Waals surface area (Å²) >= 11 is 0. The van der Waals surface area contributed by atoms with Crippen LogP contribution in [0.4, 0.5) is 5.82 Å². The van der Waals surface area contributed by atoms with Gasteiger partial charge in [0.15, 0.2) is 5.82 Å². The second-order valence-corrected chi connectivity index (χ2v) is 6.09. The lowest BCUT2D eigenvalue weighted by molar-refractivity contribution is 0.391. The molecular formula is C18H20N6O. The standard InChI is InChI=1S/C18H20N6O/c1-12-10-14(24-25-12)11-21-18-15-4-8-20-9-5-16(15)22-17(23-18)13-2-6-19-7-3-13/h2-3,6-7,10,20H,4-5,8-9,11H2,1H3,(H,21,22,23). The maximum atomic E-state index is 5.14. The van der Waals surface area contributed by atoms with E-state index < -0.39 is 0 Å². The summed E-state index contributed by atoms with van der Waals surface area (Å²) < 4.78 is 5.14. The van der Waals surface area contributed by atoms with Gasteiger partial charge in [-0.15, -0.1) is 0 Å². The fourth-order valence-corrected chi connectivity index (χ4v) is 3.00. The van der Waals surface area contributed by atoms with Crippen LogP contribution in [-0.4, -0.2) is 33.2 Å². The summed E-state index contributed by atoms with van der Waals surface area (Å²) in [6.07, 6.45) is 5.33. The highest BCUT2D eigenvalue weighted by atomic mass is 16.5. The molecule has 4 rings (SSSR count). The molecule has 1 aliphatic heterocycles. The second-order valence-electron chi connectivity index (χ2n) is 6.09. The first-order valence-corrected chi connectivity index (χ1v) is 8.46. The first-order chi connectivity index (χ1) is 12.3. The molecule has 3 aromatic heterocycles. The van der Waals surface area contributed by atoms with Gasteiger partial charge in [-0.2, -0.15) is 0 Å². The molecule has 2 N–H and O–H groups in total. The Labute approximate surface area is 145 Å². The van der Waals surface area contributed by atoms with Crippen LogP contribution in [0.2, 0.25) is 0 Å². The van der Waals surface area contributed by atoms with E-state index in [0.717, 1.165) is 60.3 Å². The van der Waals surface area contributed by atoms with Crippen LogP contribution in [0.15, 0.2) is 35.1 Å². The first-order valence-electron chi connectivity index (χ1n) is 8.46. The molecule has 0 spiro atoms. The van der Waals surface area contributed by atoms with Gasteiger partial charge >= 0.3 is 0 Å². The normalized spacial score (nSPS) is 14.0. The maximum absolute atomic E-state index is 5.14. The van der Waals surface area contributed by atoms with E-state index in [1.54, 1.807) is 12.4 Å². The molecular weight excluding hydrogens is 316 g/mol. The van der Waals surface area contributed by atoms with Gasteiger partial charge in [-0.05, 0) is 32.0 Å². The number of nitrogens with zero attached hydrogens (tertiary/aromatic N) is 4. The first kappa shape index (κ1) is 15.7. The average molecular weight is 336 g/mol. The summed E-state index contributed by atoms with van der Waals surface area (Å²) in [5.74, 6) is 2.41. The lowest BCUT2D eigenvalue weighted by atomic mass is 10.1. The Morgan fingerprint density at radius 2 is 2.00 bits per heavy atom. The van der Waals surface area contributed by atoms with Crippen molar-refractivity contribution in [2.45, 2.75) is 26.3 Å². The molecule has 7 heteroatoms. The molecule has 3 aromatic rings. The Morgan fingerprint density at radius 1 is 1.16 bits per heavy atom. The van der Waals surface area contributed by atoms with Crippen molar-refractivity contribution in [2.24, 2.45) is 0 Å². The van der Waals surface area contributed by atoms with E-state index in [1.165, 1.54) is 5.56 Å². The van der Waals surface area contributed by atoms with Gasteiger partial charge < -0.3 is 15.2 Å². The Morgan fingerprint density at radius 3 is 2.80 bits per heavy atom. The lowest BCUT2D eigenvalue weighted by Crippen LogP contribution is -2.16. The van der Waals surface area contributed by atoms with Crippen molar-refractivity contribution >= 4 is 5.82 Å². The van der Waals surface area contributed by atoms with Gasteiger partial charge in [0.25, 0.3) is 0 Å². The van der Waals surface area contributed by atoms with Gasteiger partial charge in [-0.1, -0.05) is 5.16 Å². The van der Waals surface area contributed by atoms with Gasteiger partial charge in [-0.3, -0.25) is 4.98 Å². The number of nitrogens with one attached hydrogen (secondary N) is 2. The molecule has 128 valence electrons. The van der Waals surface area contributed by atoms with E-state index in [1.807, 2.05) is 25.1 Å². The number of aryl methyl sites for hydroxylation is 1. The van der Waals surface area contributed by atoms with E-state index in [0.29, 0.717) is 6.54 Å². The van der Waals surface area contributed by atoms with E-state index in [-0.39, 0.29) is 0 Å². The summed E-state index contributed by atoms with van der Waals surface area (Å²) in [6.45, 7) is 4.33. The molecule has 0 radical (unpaired) electrons. The van der Waals surface area contributed by atoms with E-state index in [9.17, 15) is 0 Å². The third-order valence-electron chi connectivity index (χ3n) is 4.24. The predicted molar refractivity (Wildman–Crippen MR) is 94.1 cm³/mol. The third-order valence-corrected chi connectivity index (χ3v) is 4.24. The Balaban J connectivity index is 1.69. The van der Waals surface area contributed by atoms with E-state index >= 15 is 0 Å². The average Bonchev–Trinajstić information content (AvgIpc) is 2.91. The van der Waals surface area contributed by atoms with Gasteiger partial charge in [-0.25, -0.2) is 9.97 Å². The Bertz CT molecular complexity index is 861. The van der Waals surface area contributed by atoms with Crippen molar-refractivity contribution < 1.29 is 4.52 Å². The number of pyridine rings is 1. The van der Waals surface area contributed by atoms with Crippen molar-refractivity contribution in [3.8, 4) is 11.4 Å². The summed E-state index contributed by atoms with van der Waals surface area (Å²) in [7, 11) is 0. The van der Waals surface area contributed by atoms with Crippen molar-refractivity contribution in [3.63, 3.8) is 0 Å². The monoisotopic (exact) mass is 336 g/mol. The van der Waals surface area contributed by atoms with Crippen LogP contribution in [0, 0.1) is 6.92 Å². The molecule has 0 saturated heterocycles. The van der Waals surface area contributed by atoms with Crippen LogP contribution in [0.25, 0.3) is 11.4 Å². The van der Waals surface area contributed by atoms with Gasteiger partial charge in [0.05, 0.1) is 12.2 Å². The van der Waals surface area contributed by atoms with Crippen LogP contribution in [0.1, 0.15) is 22.7 Å². The zero-order valence-corrected chi connectivity index (χ0v) is 14.1. The predicted octanol–water partition coefficient (Wildman–Crippen LogP) is 2.14. The second kappa shape index (κ2) is 6.98. The van der Waals surface area contributed by atoms with Crippen LogP contribution >= 0.6 is 0 Å². The molecule has 7 nitrogen and oxygen atoms in total. The van der Waals surface area contributed by atoms with Crippen molar-refractivity contribution in [1.29, 1.82) is 0 Å². The highest BCUT2D eigenvalue weighted by Crippen LogP contribution is 2.24. The number of hydrogen-bond acceptors (Lipinski definition) is 7. The lowest BCUT2D eigenvalue weighted by Gasteiger charge is -2.14. The van der Waals surface area contributed by atoms with E-state index in [4.69, 9.17) is 14.5 Å². The summed E-state index contributed by atoms with van der Waals surface area (Å²) in [4.78, 5) is 13.7. The summed E-state index contributed by atoms with van der Waals surface area (Å²) in [5, 5.41) is 10.9. The quantitative estimate of drug-likeness (QED) is 0.754. The largest absolute Gasteiger partial charge is 0.364 e. The minimum Gasteiger partial charge on any atom is -0.364 e. The van der Waals surface area contributed by atoms with Crippen LogP contribution in [0.3, 0.4) is 0 Å². The van der Waals surface area contributed by atoms with Crippen LogP contribution in [0.5, 0.6) is 0 Å². The number of hydrogen-bond donors (Lipinski definition) is 2. The molecule has 0 bridgehead atoms. The Kier molecular flexibility index (Phi) is 4.39. The summed E-state index contributed by atoms with van der Waals surface area (Å²) in [6, 6.07) is 5.79. The van der Waals surface area contributed by atoms with Gasteiger partial charge in [0, 0.05) is 42.6 Å². The number of aromatic nitrogens is 4. The zero-order chi connectivity index (χ0) is 17.1.